The van der Waals surface area contributed by atoms with Crippen molar-refractivity contribution in [2.75, 3.05) is 14.2 Å². The Hall–Kier alpha value is -1.06. The Morgan fingerprint density at radius 2 is 1.81 bits per heavy atom. The van der Waals surface area contributed by atoms with Crippen molar-refractivity contribution < 1.29 is 4.74 Å². The van der Waals surface area contributed by atoms with Gasteiger partial charge in [-0.2, -0.15) is 0 Å². The largest absolute Gasteiger partial charge is 0.496 e. The van der Waals surface area contributed by atoms with E-state index in [1.54, 1.807) is 7.11 Å². The topological polar surface area (TPSA) is 38.5 Å². The van der Waals surface area contributed by atoms with Crippen LogP contribution in [0.5, 0.6) is 5.75 Å². The first kappa shape index (κ1) is 16.3. The van der Waals surface area contributed by atoms with Crippen molar-refractivity contribution >= 4 is 0 Å². The van der Waals surface area contributed by atoms with Gasteiger partial charge in [0.15, 0.2) is 0 Å². The van der Waals surface area contributed by atoms with Crippen molar-refractivity contribution in [2.24, 2.45) is 11.7 Å². The molecule has 0 aliphatic heterocycles. The van der Waals surface area contributed by atoms with Gasteiger partial charge in [0.25, 0.3) is 0 Å². The van der Waals surface area contributed by atoms with Gasteiger partial charge in [0.2, 0.25) is 0 Å². The third kappa shape index (κ3) is 3.78. The van der Waals surface area contributed by atoms with E-state index in [0.717, 1.165) is 11.7 Å². The summed E-state index contributed by atoms with van der Waals surface area (Å²) in [6.07, 6.45) is 5.20. The van der Waals surface area contributed by atoms with Crippen molar-refractivity contribution in [1.82, 2.24) is 4.90 Å². The summed E-state index contributed by atoms with van der Waals surface area (Å²) in [5, 5.41) is 0. The highest BCUT2D eigenvalue weighted by atomic mass is 16.5. The number of hydrogen-bond donors (Lipinski definition) is 1. The quantitative estimate of drug-likeness (QED) is 0.900. The van der Waals surface area contributed by atoms with Crippen LogP contribution in [0.3, 0.4) is 0 Å². The summed E-state index contributed by atoms with van der Waals surface area (Å²) in [6, 6.07) is 9.18. The molecule has 0 aromatic heterocycles. The van der Waals surface area contributed by atoms with Crippen molar-refractivity contribution in [3.63, 3.8) is 0 Å². The fourth-order valence-electron chi connectivity index (χ4n) is 3.66. The molecule has 118 valence electrons. The Morgan fingerprint density at radius 1 is 1.19 bits per heavy atom. The standard InChI is InChI=1S/C18H30N2O/c1-13-9-11-15(12-10-13)20(3)18(14(2)19)16-7-5-6-8-17(16)21-4/h5-8,13-15,18H,9-12,19H2,1-4H3. The number of methoxy groups -OCH3 is 1. The minimum atomic E-state index is 0.0747. The summed E-state index contributed by atoms with van der Waals surface area (Å²) in [6.45, 7) is 4.46. The molecule has 3 heteroatoms. The second-order valence-electron chi connectivity index (χ2n) is 6.63. The highest BCUT2D eigenvalue weighted by molar-refractivity contribution is 5.36. The molecule has 3 nitrogen and oxygen atoms in total. The SMILES string of the molecule is COc1ccccc1C(C(C)N)N(C)C1CCC(C)CC1. The number of nitrogens with zero attached hydrogens (tertiary/aromatic N) is 1. The molecule has 1 saturated carbocycles. The number of hydrogen-bond acceptors (Lipinski definition) is 3. The first-order valence-electron chi connectivity index (χ1n) is 8.15. The van der Waals surface area contributed by atoms with Crippen molar-refractivity contribution in [2.45, 2.75) is 57.7 Å². The molecule has 0 amide bonds. The fourth-order valence-corrected chi connectivity index (χ4v) is 3.66. The van der Waals surface area contributed by atoms with Crippen molar-refractivity contribution in [1.29, 1.82) is 0 Å². The number of rotatable bonds is 5. The third-order valence-electron chi connectivity index (χ3n) is 4.96. The van der Waals surface area contributed by atoms with E-state index in [1.165, 1.54) is 31.2 Å². The smallest absolute Gasteiger partial charge is 0.123 e. The summed E-state index contributed by atoms with van der Waals surface area (Å²) in [5.74, 6) is 1.81. The summed E-state index contributed by atoms with van der Waals surface area (Å²) < 4.78 is 5.55. The summed E-state index contributed by atoms with van der Waals surface area (Å²) >= 11 is 0. The second kappa shape index (κ2) is 7.28. The average Bonchev–Trinajstić information content (AvgIpc) is 2.48. The van der Waals surface area contributed by atoms with Gasteiger partial charge < -0.3 is 10.5 Å². The lowest BCUT2D eigenvalue weighted by Gasteiger charge is -2.40. The zero-order chi connectivity index (χ0) is 15.4. The van der Waals surface area contributed by atoms with E-state index in [9.17, 15) is 0 Å². The Bertz CT molecular complexity index is 439. The molecule has 21 heavy (non-hydrogen) atoms. The van der Waals surface area contributed by atoms with Crippen LogP contribution in [0.2, 0.25) is 0 Å². The molecule has 2 atom stereocenters. The first-order valence-corrected chi connectivity index (χ1v) is 8.15. The Kier molecular flexibility index (Phi) is 5.65. The fraction of sp³-hybridized carbons (Fsp3) is 0.667. The second-order valence-corrected chi connectivity index (χ2v) is 6.63. The predicted molar refractivity (Wildman–Crippen MR) is 88.6 cm³/mol. The highest BCUT2D eigenvalue weighted by Crippen LogP contribution is 2.35. The average molecular weight is 290 g/mol. The highest BCUT2D eigenvalue weighted by Gasteiger charge is 2.30. The van der Waals surface area contributed by atoms with Crippen LogP contribution in [0.15, 0.2) is 24.3 Å². The van der Waals surface area contributed by atoms with Gasteiger partial charge >= 0.3 is 0 Å². The van der Waals surface area contributed by atoms with Gasteiger partial charge in [-0.25, -0.2) is 0 Å². The first-order chi connectivity index (χ1) is 10.0. The van der Waals surface area contributed by atoms with E-state index in [1.807, 2.05) is 12.1 Å². The maximum absolute atomic E-state index is 6.33. The Balaban J connectivity index is 2.22. The number of benzene rings is 1. The molecule has 2 unspecified atom stereocenters. The van der Waals surface area contributed by atoms with Crippen LogP contribution in [0.4, 0.5) is 0 Å². The molecule has 1 fully saturated rings. The molecule has 1 aliphatic carbocycles. The molecular formula is C18H30N2O. The maximum atomic E-state index is 6.33. The molecule has 0 bridgehead atoms. The summed E-state index contributed by atoms with van der Waals surface area (Å²) in [7, 11) is 3.96. The van der Waals surface area contributed by atoms with E-state index in [0.29, 0.717) is 6.04 Å². The van der Waals surface area contributed by atoms with Gasteiger partial charge in [0.1, 0.15) is 5.75 Å². The van der Waals surface area contributed by atoms with E-state index in [2.05, 4.69) is 37.9 Å². The number of ether oxygens (including phenoxy) is 1. The molecular weight excluding hydrogens is 260 g/mol. The third-order valence-corrected chi connectivity index (χ3v) is 4.96. The number of para-hydroxylation sites is 1. The van der Waals surface area contributed by atoms with Crippen LogP contribution in [-0.4, -0.2) is 31.1 Å². The van der Waals surface area contributed by atoms with Crippen LogP contribution in [0, 0.1) is 5.92 Å². The molecule has 0 saturated heterocycles. The van der Waals surface area contributed by atoms with Gasteiger partial charge in [-0.3, -0.25) is 4.90 Å². The number of nitrogens with two attached hydrogens (primary N) is 1. The van der Waals surface area contributed by atoms with Gasteiger partial charge in [-0.1, -0.05) is 25.1 Å². The lowest BCUT2D eigenvalue weighted by Crippen LogP contribution is -2.44. The molecule has 0 spiro atoms. The molecule has 2 rings (SSSR count). The molecule has 1 aromatic carbocycles. The zero-order valence-electron chi connectivity index (χ0n) is 13.9. The van der Waals surface area contributed by atoms with Crippen LogP contribution in [0.25, 0.3) is 0 Å². The van der Waals surface area contributed by atoms with Crippen LogP contribution in [0.1, 0.15) is 51.1 Å². The van der Waals surface area contributed by atoms with Crippen molar-refractivity contribution in [3.8, 4) is 5.75 Å². The minimum absolute atomic E-state index is 0.0747. The van der Waals surface area contributed by atoms with Crippen LogP contribution >= 0.6 is 0 Å². The maximum Gasteiger partial charge on any atom is 0.123 e. The normalized spacial score (nSPS) is 25.6. The van der Waals surface area contributed by atoms with Crippen molar-refractivity contribution in [3.05, 3.63) is 29.8 Å². The van der Waals surface area contributed by atoms with E-state index >= 15 is 0 Å². The van der Waals surface area contributed by atoms with Crippen LogP contribution in [-0.2, 0) is 0 Å². The van der Waals surface area contributed by atoms with E-state index in [-0.39, 0.29) is 12.1 Å². The molecule has 1 aromatic rings. The van der Waals surface area contributed by atoms with Crippen LogP contribution < -0.4 is 10.5 Å². The van der Waals surface area contributed by atoms with Gasteiger partial charge in [0, 0.05) is 17.6 Å². The zero-order valence-corrected chi connectivity index (χ0v) is 13.9. The number of likely N-dealkylation sites (N-methyl/N-ethyl adjacent to an activating group) is 1. The van der Waals surface area contributed by atoms with Gasteiger partial charge in [-0.15, -0.1) is 0 Å². The van der Waals surface area contributed by atoms with E-state index < -0.39 is 0 Å². The molecule has 1 aliphatic rings. The summed E-state index contributed by atoms with van der Waals surface area (Å²) in [4.78, 5) is 2.48. The predicted octanol–water partition coefficient (Wildman–Crippen LogP) is 3.59. The molecule has 2 N–H and O–H groups in total. The van der Waals surface area contributed by atoms with Gasteiger partial charge in [0.05, 0.1) is 13.2 Å². The lowest BCUT2D eigenvalue weighted by atomic mass is 9.85. The molecule has 0 heterocycles. The summed E-state index contributed by atoms with van der Waals surface area (Å²) in [5.41, 5.74) is 7.53. The monoisotopic (exact) mass is 290 g/mol. The van der Waals surface area contributed by atoms with Gasteiger partial charge in [-0.05, 0) is 51.6 Å². The minimum Gasteiger partial charge on any atom is -0.496 e. The van der Waals surface area contributed by atoms with E-state index in [4.69, 9.17) is 10.5 Å². The Morgan fingerprint density at radius 3 is 2.38 bits per heavy atom. The molecule has 0 radical (unpaired) electrons. The Labute approximate surface area is 129 Å². The lowest BCUT2D eigenvalue weighted by molar-refractivity contribution is 0.109.